The van der Waals surface area contributed by atoms with Gasteiger partial charge < -0.3 is 9.64 Å². The molecule has 162 valence electrons. The van der Waals surface area contributed by atoms with Gasteiger partial charge >= 0.3 is 5.97 Å². The zero-order chi connectivity index (χ0) is 21.8. The van der Waals surface area contributed by atoms with Crippen molar-refractivity contribution >= 4 is 40.2 Å². The van der Waals surface area contributed by atoms with Gasteiger partial charge in [0.2, 0.25) is 0 Å². The van der Waals surface area contributed by atoms with Crippen LogP contribution in [0.5, 0.6) is 0 Å². The largest absolute Gasteiger partial charge is 0.466 e. The van der Waals surface area contributed by atoms with Crippen LogP contribution in [0.2, 0.25) is 0 Å². The molecule has 3 aromatic rings. The summed E-state index contributed by atoms with van der Waals surface area (Å²) in [6.07, 6.45) is 4.86. The number of thiophene rings is 1. The number of aryl methyl sites for hydroxylation is 1. The minimum absolute atomic E-state index is 0.0497. The number of carbonyl (C=O) groups excluding carboxylic acids is 2. The van der Waals surface area contributed by atoms with Crippen LogP contribution in [0.15, 0.2) is 29.2 Å². The van der Waals surface area contributed by atoms with Crippen molar-refractivity contribution in [3.8, 4) is 10.6 Å². The van der Waals surface area contributed by atoms with Crippen molar-refractivity contribution in [1.82, 2.24) is 15.0 Å². The minimum atomic E-state index is -0.117. The summed E-state index contributed by atoms with van der Waals surface area (Å²) >= 11 is 3.15. The summed E-state index contributed by atoms with van der Waals surface area (Å²) in [6.45, 7) is 5.73. The second kappa shape index (κ2) is 9.65. The van der Waals surface area contributed by atoms with Gasteiger partial charge in [0.15, 0.2) is 5.78 Å². The van der Waals surface area contributed by atoms with Gasteiger partial charge in [-0.25, -0.2) is 15.0 Å². The number of nitrogens with zero attached hydrogens (tertiary/aromatic N) is 4. The summed E-state index contributed by atoms with van der Waals surface area (Å²) in [4.78, 5) is 41.1. The van der Waals surface area contributed by atoms with Gasteiger partial charge in [0.05, 0.1) is 41.9 Å². The Morgan fingerprint density at radius 3 is 2.61 bits per heavy atom. The summed E-state index contributed by atoms with van der Waals surface area (Å²) in [5.41, 5.74) is 2.47. The number of Topliss-reactive ketones (excluding diaryl/α,β-unsaturated/α-hetero) is 1. The van der Waals surface area contributed by atoms with E-state index in [1.54, 1.807) is 17.5 Å². The molecule has 0 N–H and O–H groups in total. The van der Waals surface area contributed by atoms with Gasteiger partial charge in [0.1, 0.15) is 16.5 Å². The van der Waals surface area contributed by atoms with E-state index < -0.39 is 0 Å². The smallest absolute Gasteiger partial charge is 0.309 e. The Bertz CT molecular complexity index is 1050. The zero-order valence-corrected chi connectivity index (χ0v) is 19.2. The Morgan fingerprint density at radius 2 is 1.97 bits per heavy atom. The molecule has 0 aromatic carbocycles. The van der Waals surface area contributed by atoms with Crippen LogP contribution in [0.3, 0.4) is 0 Å². The number of hydrogen-bond donors (Lipinski definition) is 0. The number of ketones is 1. The fourth-order valence-electron chi connectivity index (χ4n) is 3.53. The quantitative estimate of drug-likeness (QED) is 0.389. The minimum Gasteiger partial charge on any atom is -0.466 e. The maximum atomic E-state index is 12.6. The maximum Gasteiger partial charge on any atom is 0.309 e. The van der Waals surface area contributed by atoms with Crippen LogP contribution in [0.25, 0.3) is 10.6 Å². The van der Waals surface area contributed by atoms with Crippen molar-refractivity contribution < 1.29 is 14.3 Å². The van der Waals surface area contributed by atoms with E-state index in [0.29, 0.717) is 12.3 Å². The first-order valence-electron chi connectivity index (χ1n) is 10.3. The fraction of sp³-hybridized carbons (Fsp3) is 0.409. The van der Waals surface area contributed by atoms with Crippen LogP contribution in [0.4, 0.5) is 5.82 Å². The Hall–Kier alpha value is -2.65. The number of aromatic nitrogens is 3. The van der Waals surface area contributed by atoms with Crippen LogP contribution < -0.4 is 4.90 Å². The van der Waals surface area contributed by atoms with Gasteiger partial charge in [-0.3, -0.25) is 9.59 Å². The molecule has 31 heavy (non-hydrogen) atoms. The van der Waals surface area contributed by atoms with Crippen molar-refractivity contribution in [2.45, 2.75) is 33.1 Å². The molecule has 4 rings (SSSR count). The van der Waals surface area contributed by atoms with Crippen molar-refractivity contribution in [3.63, 3.8) is 0 Å². The summed E-state index contributed by atoms with van der Waals surface area (Å²) in [5, 5.41) is 4.86. The third kappa shape index (κ3) is 5.16. The molecular formula is C22H24N4O3S2. The van der Waals surface area contributed by atoms with E-state index in [0.717, 1.165) is 47.3 Å². The first-order valence-corrected chi connectivity index (χ1v) is 12.1. The molecule has 1 fully saturated rings. The highest BCUT2D eigenvalue weighted by Crippen LogP contribution is 2.28. The van der Waals surface area contributed by atoms with Crippen molar-refractivity contribution in [1.29, 1.82) is 0 Å². The van der Waals surface area contributed by atoms with Crippen LogP contribution in [-0.4, -0.2) is 46.4 Å². The lowest BCUT2D eigenvalue weighted by atomic mass is 9.97. The van der Waals surface area contributed by atoms with E-state index in [-0.39, 0.29) is 24.1 Å². The molecule has 1 aliphatic rings. The summed E-state index contributed by atoms with van der Waals surface area (Å²) < 4.78 is 5.11. The van der Waals surface area contributed by atoms with E-state index in [2.05, 4.69) is 38.2 Å². The molecule has 0 unspecified atom stereocenters. The summed E-state index contributed by atoms with van der Waals surface area (Å²) in [7, 11) is 0. The summed E-state index contributed by atoms with van der Waals surface area (Å²) in [6, 6.07) is 2.10. The number of hydrogen-bond acceptors (Lipinski definition) is 9. The molecule has 4 heterocycles. The third-order valence-electron chi connectivity index (χ3n) is 5.21. The number of anilines is 1. The molecule has 0 spiro atoms. The van der Waals surface area contributed by atoms with Gasteiger partial charge in [0.25, 0.3) is 0 Å². The molecule has 1 saturated heterocycles. The number of thiazole rings is 1. The highest BCUT2D eigenvalue weighted by Gasteiger charge is 2.26. The number of ether oxygens (including phenoxy) is 1. The van der Waals surface area contributed by atoms with Gasteiger partial charge in [-0.05, 0) is 43.7 Å². The highest BCUT2D eigenvalue weighted by atomic mass is 32.1. The predicted octanol–water partition coefficient (Wildman–Crippen LogP) is 4.17. The monoisotopic (exact) mass is 456 g/mol. The maximum absolute atomic E-state index is 12.6. The third-order valence-corrected chi connectivity index (χ3v) is 7.13. The Labute approximate surface area is 189 Å². The van der Waals surface area contributed by atoms with Crippen molar-refractivity contribution in [3.05, 3.63) is 45.5 Å². The van der Waals surface area contributed by atoms with E-state index in [1.807, 2.05) is 12.3 Å². The molecule has 7 nitrogen and oxygen atoms in total. The van der Waals surface area contributed by atoms with Crippen LogP contribution in [-0.2, 0) is 16.0 Å². The van der Waals surface area contributed by atoms with E-state index in [1.165, 1.54) is 23.1 Å². The Balaban J connectivity index is 1.34. The molecule has 3 aromatic heterocycles. The first kappa shape index (κ1) is 21.6. The molecule has 0 aliphatic carbocycles. The highest BCUT2D eigenvalue weighted by molar-refractivity contribution is 7.14. The predicted molar refractivity (Wildman–Crippen MR) is 122 cm³/mol. The van der Waals surface area contributed by atoms with Crippen LogP contribution in [0, 0.1) is 12.8 Å². The SMILES string of the molecule is CCOC(=O)C1CCN(c2cnc(C(=O)Cc3nc(-c4cc(C)cs4)cs3)cn2)CC1. The van der Waals surface area contributed by atoms with Crippen molar-refractivity contribution in [2.75, 3.05) is 24.6 Å². The van der Waals surface area contributed by atoms with Gasteiger partial charge in [0, 0.05) is 18.5 Å². The second-order valence-corrected chi connectivity index (χ2v) is 9.34. The van der Waals surface area contributed by atoms with Gasteiger partial charge in [-0.1, -0.05) is 0 Å². The fourth-order valence-corrected chi connectivity index (χ4v) is 5.26. The molecule has 0 saturated carbocycles. The molecule has 0 atom stereocenters. The number of piperidine rings is 1. The average molecular weight is 457 g/mol. The van der Waals surface area contributed by atoms with E-state index >= 15 is 0 Å². The van der Waals surface area contributed by atoms with E-state index in [4.69, 9.17) is 4.74 Å². The normalized spacial score (nSPS) is 14.6. The van der Waals surface area contributed by atoms with Crippen molar-refractivity contribution in [2.24, 2.45) is 5.92 Å². The topological polar surface area (TPSA) is 85.3 Å². The van der Waals surface area contributed by atoms with Gasteiger partial charge in [-0.15, -0.1) is 22.7 Å². The Morgan fingerprint density at radius 1 is 1.16 bits per heavy atom. The number of carbonyl (C=O) groups is 2. The number of rotatable bonds is 7. The van der Waals surface area contributed by atoms with E-state index in [9.17, 15) is 9.59 Å². The van der Waals surface area contributed by atoms with Crippen LogP contribution >= 0.6 is 22.7 Å². The molecule has 0 radical (unpaired) electrons. The molecule has 0 amide bonds. The number of esters is 1. The lowest BCUT2D eigenvalue weighted by Crippen LogP contribution is -2.37. The molecular weight excluding hydrogens is 432 g/mol. The average Bonchev–Trinajstić information content (AvgIpc) is 3.43. The summed E-state index contributed by atoms with van der Waals surface area (Å²) in [5.74, 6) is 0.465. The van der Waals surface area contributed by atoms with Crippen LogP contribution in [0.1, 0.15) is 40.8 Å². The second-order valence-electron chi connectivity index (χ2n) is 7.49. The standard InChI is InChI=1S/C22H24N4O3S2/c1-3-29-22(28)15-4-6-26(7-5-15)20-11-23-16(10-24-20)18(27)9-21-25-17(13-31-21)19-8-14(2)12-30-19/h8,10-13,15H,3-7,9H2,1-2H3. The first-order chi connectivity index (χ1) is 15.0. The van der Waals surface area contributed by atoms with Gasteiger partial charge in [-0.2, -0.15) is 0 Å². The molecule has 1 aliphatic heterocycles. The lowest BCUT2D eigenvalue weighted by Gasteiger charge is -2.31. The Kier molecular flexibility index (Phi) is 6.72. The lowest BCUT2D eigenvalue weighted by molar-refractivity contribution is -0.148. The zero-order valence-electron chi connectivity index (χ0n) is 17.5. The molecule has 9 heteroatoms. The molecule has 0 bridgehead atoms.